The van der Waals surface area contributed by atoms with E-state index in [1.54, 1.807) is 23.9 Å². The van der Waals surface area contributed by atoms with Gasteiger partial charge in [-0.05, 0) is 59.1 Å². The van der Waals surface area contributed by atoms with Crippen LogP contribution >= 0.6 is 0 Å². The van der Waals surface area contributed by atoms with Gasteiger partial charge in [-0.25, -0.2) is 19.4 Å². The molecule has 0 aliphatic rings. The maximum Gasteiger partial charge on any atom is 0.320 e. The van der Waals surface area contributed by atoms with Crippen LogP contribution in [-0.4, -0.2) is 65.0 Å². The Hall–Kier alpha value is -4.38. The standard InChI is InChI=1S/C27H33N7O4/c1-17-14-18(2)34(32-17)24-15-23(29-26(31-24)22-11-10-19(3)38-22)30-27(35)28-12-13-37-21-9-7-8-20(16-33(4)5)25(21)36-6/h7-11,14-15H,12-13,16H2,1-6H3,(H2,28,29,30,31,35). The average Bonchev–Trinajstić information content (AvgIpc) is 3.45. The maximum absolute atomic E-state index is 12.7. The zero-order valence-corrected chi connectivity index (χ0v) is 22.5. The first-order valence-electron chi connectivity index (χ1n) is 12.2. The highest BCUT2D eigenvalue weighted by molar-refractivity contribution is 5.88. The first-order chi connectivity index (χ1) is 18.2. The number of aryl methyl sites for hydroxylation is 3. The highest BCUT2D eigenvalue weighted by Gasteiger charge is 2.15. The fraction of sp³-hybridized carbons (Fsp3) is 0.333. The Balaban J connectivity index is 1.43. The van der Waals surface area contributed by atoms with Crippen molar-refractivity contribution >= 4 is 11.8 Å². The number of benzene rings is 1. The fourth-order valence-corrected chi connectivity index (χ4v) is 3.99. The van der Waals surface area contributed by atoms with Crippen LogP contribution in [0.15, 0.2) is 46.9 Å². The van der Waals surface area contributed by atoms with Gasteiger partial charge in [0.05, 0.1) is 19.3 Å². The number of urea groups is 1. The molecule has 4 rings (SSSR count). The number of methoxy groups -OCH3 is 1. The molecule has 0 aliphatic carbocycles. The Bertz CT molecular complexity index is 1410. The molecule has 0 fully saturated rings. The Kier molecular flexibility index (Phi) is 8.27. The molecule has 3 heterocycles. The van der Waals surface area contributed by atoms with Crippen LogP contribution in [-0.2, 0) is 6.54 Å². The lowest BCUT2D eigenvalue weighted by molar-refractivity contribution is 0.246. The Morgan fingerprint density at radius 1 is 1.11 bits per heavy atom. The van der Waals surface area contributed by atoms with Crippen LogP contribution in [0.5, 0.6) is 11.5 Å². The number of carbonyl (C=O) groups is 1. The predicted molar refractivity (Wildman–Crippen MR) is 144 cm³/mol. The topological polar surface area (TPSA) is 120 Å². The SMILES string of the molecule is COc1c(CN(C)C)cccc1OCCNC(=O)Nc1cc(-n2nc(C)cc2C)nc(-c2ccc(C)o2)n1. The molecule has 0 spiro atoms. The molecule has 0 radical (unpaired) electrons. The first kappa shape index (κ1) is 26.7. The fourth-order valence-electron chi connectivity index (χ4n) is 3.99. The highest BCUT2D eigenvalue weighted by atomic mass is 16.5. The van der Waals surface area contributed by atoms with Gasteiger partial charge in [0.25, 0.3) is 0 Å². The van der Waals surface area contributed by atoms with Crippen LogP contribution in [0.3, 0.4) is 0 Å². The molecule has 11 nitrogen and oxygen atoms in total. The predicted octanol–water partition coefficient (Wildman–Crippen LogP) is 4.12. The van der Waals surface area contributed by atoms with Gasteiger partial charge in [-0.3, -0.25) is 5.32 Å². The first-order valence-corrected chi connectivity index (χ1v) is 12.2. The van der Waals surface area contributed by atoms with E-state index in [-0.39, 0.29) is 13.2 Å². The van der Waals surface area contributed by atoms with Gasteiger partial charge in [-0.2, -0.15) is 5.10 Å². The number of ether oxygens (including phenoxy) is 2. The summed E-state index contributed by atoms with van der Waals surface area (Å²) in [6.07, 6.45) is 0. The minimum Gasteiger partial charge on any atom is -0.493 e. The third-order valence-electron chi connectivity index (χ3n) is 5.54. The van der Waals surface area contributed by atoms with E-state index in [4.69, 9.17) is 13.9 Å². The molecule has 0 saturated heterocycles. The summed E-state index contributed by atoms with van der Waals surface area (Å²) in [5.74, 6) is 3.69. The molecule has 11 heteroatoms. The molecule has 0 aliphatic heterocycles. The number of furan rings is 1. The molecule has 0 saturated carbocycles. The van der Waals surface area contributed by atoms with Gasteiger partial charge >= 0.3 is 6.03 Å². The van der Waals surface area contributed by atoms with E-state index in [2.05, 4.69) is 30.6 Å². The molecule has 0 atom stereocenters. The van der Waals surface area contributed by atoms with Crippen molar-refractivity contribution in [1.29, 1.82) is 0 Å². The van der Waals surface area contributed by atoms with Crippen LogP contribution < -0.4 is 20.1 Å². The summed E-state index contributed by atoms with van der Waals surface area (Å²) in [6.45, 7) is 6.93. The lowest BCUT2D eigenvalue weighted by Crippen LogP contribution is -2.32. The third kappa shape index (κ3) is 6.48. The lowest BCUT2D eigenvalue weighted by atomic mass is 10.2. The Morgan fingerprint density at radius 2 is 1.92 bits per heavy atom. The van der Waals surface area contributed by atoms with Crippen molar-refractivity contribution in [3.05, 3.63) is 65.2 Å². The molecular weight excluding hydrogens is 486 g/mol. The number of amides is 2. The number of nitrogens with zero attached hydrogens (tertiary/aromatic N) is 5. The summed E-state index contributed by atoms with van der Waals surface area (Å²) in [7, 11) is 5.60. The van der Waals surface area contributed by atoms with Gasteiger partial charge in [0, 0.05) is 23.9 Å². The van der Waals surface area contributed by atoms with Gasteiger partial charge in [0.1, 0.15) is 18.2 Å². The summed E-state index contributed by atoms with van der Waals surface area (Å²) >= 11 is 0. The van der Waals surface area contributed by atoms with Gasteiger partial charge in [-0.1, -0.05) is 12.1 Å². The van der Waals surface area contributed by atoms with Gasteiger partial charge in [-0.15, -0.1) is 0 Å². The van der Waals surface area contributed by atoms with Gasteiger partial charge in [0.2, 0.25) is 0 Å². The normalized spacial score (nSPS) is 11.0. The number of nitrogens with one attached hydrogen (secondary N) is 2. The van der Waals surface area contributed by atoms with Crippen molar-refractivity contribution in [1.82, 2.24) is 30.0 Å². The number of hydrogen-bond acceptors (Lipinski definition) is 8. The zero-order valence-electron chi connectivity index (χ0n) is 22.5. The summed E-state index contributed by atoms with van der Waals surface area (Å²) in [4.78, 5) is 23.8. The number of aromatic nitrogens is 4. The summed E-state index contributed by atoms with van der Waals surface area (Å²) in [6, 6.07) is 12.6. The Morgan fingerprint density at radius 3 is 2.58 bits per heavy atom. The van der Waals surface area contributed by atoms with Crippen molar-refractivity contribution in [3.8, 4) is 28.9 Å². The second-order valence-corrected chi connectivity index (χ2v) is 9.10. The van der Waals surface area contributed by atoms with Crippen molar-refractivity contribution in [2.24, 2.45) is 0 Å². The second-order valence-electron chi connectivity index (χ2n) is 9.10. The largest absolute Gasteiger partial charge is 0.493 e. The number of para-hydroxylation sites is 1. The van der Waals surface area contributed by atoms with Crippen LogP contribution in [0.25, 0.3) is 17.4 Å². The molecule has 2 N–H and O–H groups in total. The van der Waals surface area contributed by atoms with Crippen LogP contribution in [0.2, 0.25) is 0 Å². The summed E-state index contributed by atoms with van der Waals surface area (Å²) in [5, 5.41) is 10.1. The second kappa shape index (κ2) is 11.8. The molecule has 0 unspecified atom stereocenters. The van der Waals surface area contributed by atoms with Crippen molar-refractivity contribution in [3.63, 3.8) is 0 Å². The van der Waals surface area contributed by atoms with Crippen molar-refractivity contribution in [2.45, 2.75) is 27.3 Å². The van der Waals surface area contributed by atoms with E-state index in [0.717, 1.165) is 29.3 Å². The molecule has 0 bridgehead atoms. The third-order valence-corrected chi connectivity index (χ3v) is 5.54. The van der Waals surface area contributed by atoms with Crippen molar-refractivity contribution < 1.29 is 18.7 Å². The molecule has 4 aromatic rings. The smallest absolute Gasteiger partial charge is 0.320 e. The van der Waals surface area contributed by atoms with Gasteiger partial charge < -0.3 is 24.1 Å². The van der Waals surface area contributed by atoms with Crippen LogP contribution in [0.4, 0.5) is 10.6 Å². The highest BCUT2D eigenvalue weighted by Crippen LogP contribution is 2.31. The van der Waals surface area contributed by atoms with E-state index in [0.29, 0.717) is 34.7 Å². The maximum atomic E-state index is 12.7. The minimum atomic E-state index is -0.429. The minimum absolute atomic E-state index is 0.257. The Labute approximate surface area is 221 Å². The number of carbonyl (C=O) groups excluding carboxylic acids is 1. The van der Waals surface area contributed by atoms with Crippen molar-refractivity contribution in [2.75, 3.05) is 39.7 Å². The molecule has 38 heavy (non-hydrogen) atoms. The van der Waals surface area contributed by atoms with E-state index in [1.807, 2.05) is 65.2 Å². The average molecular weight is 520 g/mol. The van der Waals surface area contributed by atoms with E-state index >= 15 is 0 Å². The number of rotatable bonds is 10. The molecule has 3 aromatic heterocycles. The molecule has 1 aromatic carbocycles. The molecule has 200 valence electrons. The van der Waals surface area contributed by atoms with E-state index in [9.17, 15) is 4.79 Å². The lowest BCUT2D eigenvalue weighted by Gasteiger charge is -2.17. The molecule has 2 amide bonds. The van der Waals surface area contributed by atoms with Crippen LogP contribution in [0, 0.1) is 20.8 Å². The van der Waals surface area contributed by atoms with Crippen LogP contribution in [0.1, 0.15) is 22.7 Å². The zero-order chi connectivity index (χ0) is 27.2. The van der Waals surface area contributed by atoms with Gasteiger partial charge in [0.15, 0.2) is 28.9 Å². The number of anilines is 1. The number of hydrogen-bond donors (Lipinski definition) is 2. The quantitative estimate of drug-likeness (QED) is 0.300. The summed E-state index contributed by atoms with van der Waals surface area (Å²) < 4.78 is 18.9. The van der Waals surface area contributed by atoms with E-state index in [1.165, 1.54) is 0 Å². The summed E-state index contributed by atoms with van der Waals surface area (Å²) in [5.41, 5.74) is 2.78. The van der Waals surface area contributed by atoms with E-state index < -0.39 is 6.03 Å². The monoisotopic (exact) mass is 519 g/mol. The molecular formula is C27H33N7O4.